The number of likely N-dealkylation sites (N-methyl/N-ethyl adjacent to an activating group) is 1. The molecule has 1 aliphatic carbocycles. The summed E-state index contributed by atoms with van der Waals surface area (Å²) >= 11 is 2.37. The molecule has 0 fully saturated rings. The molecule has 0 radical (unpaired) electrons. The smallest absolute Gasteiger partial charge is 0.0173 e. The van der Waals surface area contributed by atoms with Gasteiger partial charge in [0.15, 0.2) is 0 Å². The summed E-state index contributed by atoms with van der Waals surface area (Å²) in [5, 5.41) is 3.57. The zero-order valence-corrected chi connectivity index (χ0v) is 14.6. The minimum absolute atomic E-state index is 0.520. The van der Waals surface area contributed by atoms with Gasteiger partial charge in [-0.05, 0) is 90.1 Å². The average molecular weight is 391 g/mol. The number of nitrogens with one attached hydrogen (secondary N) is 1. The van der Waals surface area contributed by atoms with Gasteiger partial charge in [-0.1, -0.05) is 36.4 Å². The van der Waals surface area contributed by atoms with Crippen molar-refractivity contribution in [2.45, 2.75) is 37.6 Å². The molecular weight excluding hydrogens is 369 g/mol. The minimum Gasteiger partial charge on any atom is -0.316 e. The van der Waals surface area contributed by atoms with Crippen molar-refractivity contribution in [3.8, 4) is 0 Å². The second-order valence-electron chi connectivity index (χ2n) is 5.92. The lowest BCUT2D eigenvalue weighted by atomic mass is 9.77. The van der Waals surface area contributed by atoms with Crippen LogP contribution >= 0.6 is 22.6 Å². The summed E-state index contributed by atoms with van der Waals surface area (Å²) in [4.78, 5) is 0. The SMILES string of the molecule is CNC(Cc1ccc(I)cc1)C1CCCc2ccccc21. The fourth-order valence-electron chi connectivity index (χ4n) is 3.53. The van der Waals surface area contributed by atoms with Gasteiger partial charge in [0, 0.05) is 9.61 Å². The van der Waals surface area contributed by atoms with E-state index in [2.05, 4.69) is 83.5 Å². The fraction of sp³-hybridized carbons (Fsp3) is 0.368. The highest BCUT2D eigenvalue weighted by Crippen LogP contribution is 2.34. The highest BCUT2D eigenvalue weighted by atomic mass is 127. The summed E-state index contributed by atoms with van der Waals surface area (Å²) in [5.41, 5.74) is 4.54. The molecule has 0 bridgehead atoms. The molecule has 0 saturated heterocycles. The van der Waals surface area contributed by atoms with Crippen molar-refractivity contribution in [1.29, 1.82) is 0 Å². The Labute approximate surface area is 141 Å². The Balaban J connectivity index is 1.82. The second kappa shape index (κ2) is 6.93. The Morgan fingerprint density at radius 1 is 1.14 bits per heavy atom. The Bertz CT molecular complexity index is 591. The lowest BCUT2D eigenvalue weighted by Crippen LogP contribution is -2.36. The quantitative estimate of drug-likeness (QED) is 0.755. The van der Waals surface area contributed by atoms with Crippen LogP contribution in [0.1, 0.15) is 35.4 Å². The molecule has 110 valence electrons. The van der Waals surface area contributed by atoms with E-state index in [9.17, 15) is 0 Å². The molecule has 2 unspecified atom stereocenters. The number of benzene rings is 2. The van der Waals surface area contributed by atoms with Gasteiger partial charge >= 0.3 is 0 Å². The number of hydrogen-bond donors (Lipinski definition) is 1. The molecule has 0 heterocycles. The van der Waals surface area contributed by atoms with Crippen molar-refractivity contribution in [2.24, 2.45) is 0 Å². The largest absolute Gasteiger partial charge is 0.316 e. The van der Waals surface area contributed by atoms with Gasteiger partial charge in [0.25, 0.3) is 0 Å². The molecule has 21 heavy (non-hydrogen) atoms. The van der Waals surface area contributed by atoms with E-state index in [4.69, 9.17) is 0 Å². The van der Waals surface area contributed by atoms with Crippen LogP contribution in [-0.4, -0.2) is 13.1 Å². The van der Waals surface area contributed by atoms with Crippen molar-refractivity contribution in [1.82, 2.24) is 5.32 Å². The molecule has 1 aliphatic rings. The monoisotopic (exact) mass is 391 g/mol. The van der Waals surface area contributed by atoms with Crippen molar-refractivity contribution in [3.05, 3.63) is 68.8 Å². The normalized spacial score (nSPS) is 19.0. The van der Waals surface area contributed by atoms with E-state index in [1.165, 1.54) is 28.4 Å². The van der Waals surface area contributed by atoms with Gasteiger partial charge in [0.05, 0.1) is 0 Å². The maximum Gasteiger partial charge on any atom is 0.0173 e. The number of aryl methyl sites for hydroxylation is 1. The molecule has 0 aromatic heterocycles. The number of rotatable bonds is 4. The molecule has 0 saturated carbocycles. The third-order valence-electron chi connectivity index (χ3n) is 4.64. The first-order chi connectivity index (χ1) is 10.3. The highest BCUT2D eigenvalue weighted by molar-refractivity contribution is 14.1. The van der Waals surface area contributed by atoms with Gasteiger partial charge in [-0.3, -0.25) is 0 Å². The molecule has 2 aromatic rings. The van der Waals surface area contributed by atoms with Gasteiger partial charge in [-0.15, -0.1) is 0 Å². The van der Waals surface area contributed by atoms with Crippen LogP contribution in [0.25, 0.3) is 0 Å². The van der Waals surface area contributed by atoms with Gasteiger partial charge in [0.1, 0.15) is 0 Å². The standard InChI is InChI=1S/C19H22IN/c1-21-19(13-14-9-11-16(20)12-10-14)18-8-4-6-15-5-2-3-7-17(15)18/h2-3,5,7,9-12,18-19,21H,4,6,8,13H2,1H3. The first-order valence-corrected chi connectivity index (χ1v) is 8.85. The maximum atomic E-state index is 3.57. The van der Waals surface area contributed by atoms with Crippen molar-refractivity contribution < 1.29 is 0 Å². The zero-order chi connectivity index (χ0) is 14.7. The Hall–Kier alpha value is -0.870. The minimum atomic E-state index is 0.520. The summed E-state index contributed by atoms with van der Waals surface area (Å²) < 4.78 is 1.31. The van der Waals surface area contributed by atoms with Gasteiger partial charge < -0.3 is 5.32 Å². The predicted molar refractivity (Wildman–Crippen MR) is 97.8 cm³/mol. The van der Waals surface area contributed by atoms with E-state index in [0.29, 0.717) is 12.0 Å². The molecule has 1 N–H and O–H groups in total. The molecular formula is C19H22IN. The van der Waals surface area contributed by atoms with E-state index >= 15 is 0 Å². The van der Waals surface area contributed by atoms with E-state index in [1.807, 2.05) is 0 Å². The topological polar surface area (TPSA) is 12.0 Å². The molecule has 2 atom stereocenters. The third kappa shape index (κ3) is 3.49. The Kier molecular flexibility index (Phi) is 4.96. The predicted octanol–water partition coefficient (Wildman–Crippen LogP) is 4.54. The van der Waals surface area contributed by atoms with Crippen molar-refractivity contribution in [3.63, 3.8) is 0 Å². The van der Waals surface area contributed by atoms with Gasteiger partial charge in [-0.2, -0.15) is 0 Å². The highest BCUT2D eigenvalue weighted by Gasteiger charge is 2.26. The molecule has 2 aromatic carbocycles. The molecule has 3 rings (SSSR count). The molecule has 0 amide bonds. The van der Waals surface area contributed by atoms with E-state index in [-0.39, 0.29) is 0 Å². The average Bonchev–Trinajstić information content (AvgIpc) is 2.54. The first-order valence-electron chi connectivity index (χ1n) is 7.77. The van der Waals surface area contributed by atoms with Crippen LogP contribution in [0.15, 0.2) is 48.5 Å². The van der Waals surface area contributed by atoms with Crippen molar-refractivity contribution >= 4 is 22.6 Å². The Morgan fingerprint density at radius 3 is 2.67 bits per heavy atom. The molecule has 0 spiro atoms. The summed E-state index contributed by atoms with van der Waals surface area (Å²) in [7, 11) is 2.11. The van der Waals surface area contributed by atoms with Crippen molar-refractivity contribution in [2.75, 3.05) is 7.05 Å². The lowest BCUT2D eigenvalue weighted by Gasteiger charge is -2.32. The number of fused-ring (bicyclic) bond motifs is 1. The summed E-state index contributed by atoms with van der Waals surface area (Å²) in [6, 6.07) is 18.5. The molecule has 0 aliphatic heterocycles. The van der Waals surface area contributed by atoms with E-state index in [0.717, 1.165) is 6.42 Å². The summed E-state index contributed by atoms with van der Waals surface area (Å²) in [6.07, 6.45) is 4.96. The van der Waals surface area contributed by atoms with Crippen LogP contribution < -0.4 is 5.32 Å². The number of hydrogen-bond acceptors (Lipinski definition) is 1. The fourth-order valence-corrected chi connectivity index (χ4v) is 3.89. The van der Waals surface area contributed by atoms with Crippen LogP contribution in [0.4, 0.5) is 0 Å². The Morgan fingerprint density at radius 2 is 1.90 bits per heavy atom. The van der Waals surface area contributed by atoms with Crippen LogP contribution in [0.2, 0.25) is 0 Å². The lowest BCUT2D eigenvalue weighted by molar-refractivity contribution is 0.411. The maximum absolute atomic E-state index is 3.57. The third-order valence-corrected chi connectivity index (χ3v) is 5.36. The van der Waals surface area contributed by atoms with Crippen LogP contribution in [-0.2, 0) is 12.8 Å². The van der Waals surface area contributed by atoms with Gasteiger partial charge in [-0.25, -0.2) is 0 Å². The first kappa shape index (κ1) is 15.0. The van der Waals surface area contributed by atoms with E-state index in [1.54, 1.807) is 11.1 Å². The van der Waals surface area contributed by atoms with E-state index < -0.39 is 0 Å². The summed E-state index contributed by atoms with van der Waals surface area (Å²) in [5.74, 6) is 0.638. The van der Waals surface area contributed by atoms with Crippen LogP contribution in [0, 0.1) is 3.57 Å². The summed E-state index contributed by atoms with van der Waals surface area (Å²) in [6.45, 7) is 0. The second-order valence-corrected chi connectivity index (χ2v) is 7.17. The van der Waals surface area contributed by atoms with Crippen LogP contribution in [0.5, 0.6) is 0 Å². The molecule has 2 heteroatoms. The number of halogens is 1. The zero-order valence-electron chi connectivity index (χ0n) is 12.5. The van der Waals surface area contributed by atoms with Crippen LogP contribution in [0.3, 0.4) is 0 Å². The molecule has 1 nitrogen and oxygen atoms in total. The van der Waals surface area contributed by atoms with Gasteiger partial charge in [0.2, 0.25) is 0 Å².